The van der Waals surface area contributed by atoms with E-state index in [0.717, 1.165) is 30.4 Å². The third-order valence-electron chi connectivity index (χ3n) is 3.92. The molecule has 1 atom stereocenters. The number of ketones is 1. The molecule has 0 saturated heterocycles. The van der Waals surface area contributed by atoms with Crippen LogP contribution in [0.1, 0.15) is 42.6 Å². The van der Waals surface area contributed by atoms with E-state index in [4.69, 9.17) is 0 Å². The number of nitrogens with zero attached hydrogens (tertiary/aromatic N) is 1. The number of hydrogen-bond donors (Lipinski definition) is 0. The molecule has 3 heteroatoms. The van der Waals surface area contributed by atoms with Gasteiger partial charge in [0.05, 0.1) is 6.54 Å². The summed E-state index contributed by atoms with van der Waals surface area (Å²) in [5, 5.41) is 0. The predicted molar refractivity (Wildman–Crippen MR) is 75.1 cm³/mol. The normalized spacial score (nSPS) is 16.7. The van der Waals surface area contributed by atoms with Crippen LogP contribution in [0.2, 0.25) is 0 Å². The van der Waals surface area contributed by atoms with Gasteiger partial charge in [0, 0.05) is 18.0 Å². The van der Waals surface area contributed by atoms with Gasteiger partial charge in [-0.1, -0.05) is 32.0 Å². The molecule has 19 heavy (non-hydrogen) atoms. The number of aryl methyl sites for hydroxylation is 1. The van der Waals surface area contributed by atoms with Gasteiger partial charge >= 0.3 is 0 Å². The van der Waals surface area contributed by atoms with Crippen LogP contribution in [-0.4, -0.2) is 29.7 Å². The summed E-state index contributed by atoms with van der Waals surface area (Å²) in [6.45, 7) is 4.86. The number of benzene rings is 1. The summed E-state index contributed by atoms with van der Waals surface area (Å²) >= 11 is 0. The molecule has 2 rings (SSSR count). The van der Waals surface area contributed by atoms with E-state index in [2.05, 4.69) is 0 Å². The molecule has 1 heterocycles. The van der Waals surface area contributed by atoms with Crippen LogP contribution in [0.15, 0.2) is 24.3 Å². The van der Waals surface area contributed by atoms with Gasteiger partial charge in [-0.15, -0.1) is 0 Å². The van der Waals surface area contributed by atoms with Crippen molar-refractivity contribution in [3.05, 3.63) is 35.4 Å². The molecule has 0 fully saturated rings. The van der Waals surface area contributed by atoms with Gasteiger partial charge < -0.3 is 4.90 Å². The Morgan fingerprint density at radius 3 is 2.84 bits per heavy atom. The van der Waals surface area contributed by atoms with Crippen LogP contribution in [0.4, 0.5) is 0 Å². The van der Waals surface area contributed by atoms with E-state index >= 15 is 0 Å². The minimum Gasteiger partial charge on any atom is -0.331 e. The Morgan fingerprint density at radius 1 is 1.37 bits per heavy atom. The lowest BCUT2D eigenvalue weighted by atomic mass is 10.0. The molecule has 1 aliphatic heterocycles. The van der Waals surface area contributed by atoms with Crippen LogP contribution in [0.3, 0.4) is 0 Å². The van der Waals surface area contributed by atoms with Crippen molar-refractivity contribution in [2.75, 3.05) is 13.1 Å². The van der Waals surface area contributed by atoms with E-state index in [-0.39, 0.29) is 24.2 Å². The average molecular weight is 259 g/mol. The van der Waals surface area contributed by atoms with E-state index in [0.29, 0.717) is 6.54 Å². The molecule has 3 nitrogen and oxygen atoms in total. The Bertz CT molecular complexity index is 481. The second-order valence-corrected chi connectivity index (χ2v) is 5.26. The van der Waals surface area contributed by atoms with E-state index in [1.54, 1.807) is 4.90 Å². The highest BCUT2D eigenvalue weighted by Gasteiger charge is 2.24. The zero-order valence-corrected chi connectivity index (χ0v) is 11.7. The van der Waals surface area contributed by atoms with Crippen LogP contribution in [0.5, 0.6) is 0 Å². The Labute approximate surface area is 114 Å². The molecule has 102 valence electrons. The highest BCUT2D eigenvalue weighted by molar-refractivity contribution is 5.98. The summed E-state index contributed by atoms with van der Waals surface area (Å²) in [5.41, 5.74) is 1.86. The highest BCUT2D eigenvalue weighted by Crippen LogP contribution is 2.19. The molecule has 1 aliphatic rings. The molecule has 0 aromatic heterocycles. The van der Waals surface area contributed by atoms with Crippen LogP contribution in [0, 0.1) is 5.92 Å². The number of carbonyl (C=O) groups excluding carboxylic acids is 2. The lowest BCUT2D eigenvalue weighted by molar-refractivity contribution is -0.123. The number of rotatable bonds is 4. The van der Waals surface area contributed by atoms with E-state index in [1.807, 2.05) is 38.1 Å². The topological polar surface area (TPSA) is 37.4 Å². The quantitative estimate of drug-likeness (QED) is 0.833. The molecular formula is C16H21NO2. The standard InChI is InChI=1S/C16H21NO2/c1-3-12(2)15(18)11-17-10-6-8-13-7-4-5-9-14(13)16(17)19/h4-5,7,9,12H,3,6,8,10-11H2,1-2H3. The summed E-state index contributed by atoms with van der Waals surface area (Å²) in [6.07, 6.45) is 2.67. The number of hydrogen-bond acceptors (Lipinski definition) is 2. The minimum absolute atomic E-state index is 0.00440. The highest BCUT2D eigenvalue weighted by atomic mass is 16.2. The van der Waals surface area contributed by atoms with Gasteiger partial charge in [-0.3, -0.25) is 9.59 Å². The molecule has 1 aromatic rings. The number of amides is 1. The maximum absolute atomic E-state index is 12.5. The van der Waals surface area contributed by atoms with Crippen molar-refractivity contribution in [1.82, 2.24) is 4.90 Å². The Morgan fingerprint density at radius 2 is 2.11 bits per heavy atom. The van der Waals surface area contributed by atoms with E-state index < -0.39 is 0 Å². The molecule has 1 amide bonds. The van der Waals surface area contributed by atoms with Gasteiger partial charge in [-0.25, -0.2) is 0 Å². The zero-order valence-electron chi connectivity index (χ0n) is 11.7. The van der Waals surface area contributed by atoms with Crippen molar-refractivity contribution >= 4 is 11.7 Å². The average Bonchev–Trinajstić information content (AvgIpc) is 2.59. The van der Waals surface area contributed by atoms with Crippen LogP contribution in [0.25, 0.3) is 0 Å². The van der Waals surface area contributed by atoms with E-state index in [1.165, 1.54) is 0 Å². The number of carbonyl (C=O) groups is 2. The molecule has 1 aromatic carbocycles. The lowest BCUT2D eigenvalue weighted by Gasteiger charge is -2.21. The molecule has 0 aliphatic carbocycles. The third-order valence-corrected chi connectivity index (χ3v) is 3.92. The molecule has 0 spiro atoms. The minimum atomic E-state index is 0.00440. The third kappa shape index (κ3) is 3.03. The second-order valence-electron chi connectivity index (χ2n) is 5.26. The fourth-order valence-electron chi connectivity index (χ4n) is 2.40. The van der Waals surface area contributed by atoms with Crippen molar-refractivity contribution in [3.8, 4) is 0 Å². The van der Waals surface area contributed by atoms with Gasteiger partial charge in [0.15, 0.2) is 5.78 Å². The Balaban J connectivity index is 2.16. The molecule has 0 radical (unpaired) electrons. The summed E-state index contributed by atoms with van der Waals surface area (Å²) < 4.78 is 0. The van der Waals surface area contributed by atoms with Crippen molar-refractivity contribution in [1.29, 1.82) is 0 Å². The first kappa shape index (κ1) is 13.8. The number of Topliss-reactive ketones (excluding diaryl/α,β-unsaturated/α-hetero) is 1. The molecule has 1 unspecified atom stereocenters. The summed E-state index contributed by atoms with van der Waals surface area (Å²) in [7, 11) is 0. The van der Waals surface area contributed by atoms with Gasteiger partial charge in [0.2, 0.25) is 0 Å². The van der Waals surface area contributed by atoms with Crippen LogP contribution in [-0.2, 0) is 11.2 Å². The summed E-state index contributed by atoms with van der Waals surface area (Å²) in [4.78, 5) is 26.2. The van der Waals surface area contributed by atoms with Crippen molar-refractivity contribution < 1.29 is 9.59 Å². The SMILES string of the molecule is CCC(C)C(=O)CN1CCCc2ccccc2C1=O. The Hall–Kier alpha value is -1.64. The van der Waals surface area contributed by atoms with Crippen molar-refractivity contribution in [3.63, 3.8) is 0 Å². The monoisotopic (exact) mass is 259 g/mol. The predicted octanol–water partition coefficient (Wildman–Crippen LogP) is 2.69. The smallest absolute Gasteiger partial charge is 0.254 e. The largest absolute Gasteiger partial charge is 0.331 e. The molecule has 0 N–H and O–H groups in total. The van der Waals surface area contributed by atoms with Crippen LogP contribution >= 0.6 is 0 Å². The van der Waals surface area contributed by atoms with Crippen molar-refractivity contribution in [2.45, 2.75) is 33.1 Å². The number of fused-ring (bicyclic) bond motifs is 1. The maximum atomic E-state index is 12.5. The maximum Gasteiger partial charge on any atom is 0.254 e. The second kappa shape index (κ2) is 6.00. The first-order valence-electron chi connectivity index (χ1n) is 7.03. The van der Waals surface area contributed by atoms with Gasteiger partial charge in [0.1, 0.15) is 0 Å². The molecular weight excluding hydrogens is 238 g/mol. The van der Waals surface area contributed by atoms with Gasteiger partial charge in [-0.05, 0) is 30.9 Å². The van der Waals surface area contributed by atoms with Crippen molar-refractivity contribution in [2.24, 2.45) is 5.92 Å². The van der Waals surface area contributed by atoms with E-state index in [9.17, 15) is 9.59 Å². The van der Waals surface area contributed by atoms with Gasteiger partial charge in [-0.2, -0.15) is 0 Å². The van der Waals surface area contributed by atoms with Gasteiger partial charge in [0.25, 0.3) is 5.91 Å². The molecule has 0 bridgehead atoms. The zero-order chi connectivity index (χ0) is 13.8. The lowest BCUT2D eigenvalue weighted by Crippen LogP contribution is -2.37. The van der Waals surface area contributed by atoms with Crippen LogP contribution < -0.4 is 0 Å². The summed E-state index contributed by atoms with van der Waals surface area (Å²) in [5.74, 6) is 0.200. The first-order valence-corrected chi connectivity index (χ1v) is 7.03. The first-order chi connectivity index (χ1) is 9.13. The summed E-state index contributed by atoms with van der Waals surface area (Å²) in [6, 6.07) is 7.72. The fraction of sp³-hybridized carbons (Fsp3) is 0.500. The fourth-order valence-corrected chi connectivity index (χ4v) is 2.40. The Kier molecular flexibility index (Phi) is 4.35. The molecule has 0 saturated carbocycles.